The number of carbonyl (C=O) groups excluding carboxylic acids is 1. The van der Waals surface area contributed by atoms with Gasteiger partial charge in [-0.3, -0.25) is 10.1 Å². The van der Waals surface area contributed by atoms with Crippen molar-refractivity contribution in [1.82, 2.24) is 5.32 Å². The summed E-state index contributed by atoms with van der Waals surface area (Å²) in [5.74, 6) is -1.59. The van der Waals surface area contributed by atoms with E-state index in [2.05, 4.69) is 26.6 Å². The second-order valence-corrected chi connectivity index (χ2v) is 6.64. The minimum absolute atomic E-state index is 0.00532. The lowest BCUT2D eigenvalue weighted by Crippen LogP contribution is -2.34. The standard InChI is InChI=1S/C15H9BrCl2N2O3S/c16-10-4-1-7(14(22)23)5-12(10)19-15(24)20-13(21)9-3-2-8(17)6-11(9)18/h1-6H,(H,22,23)(H2,19,20,21,24). The summed E-state index contributed by atoms with van der Waals surface area (Å²) < 4.78 is 0.591. The van der Waals surface area contributed by atoms with Gasteiger partial charge in [0.05, 0.1) is 21.8 Å². The molecule has 0 radical (unpaired) electrons. The topological polar surface area (TPSA) is 78.4 Å². The number of hydrogen-bond donors (Lipinski definition) is 3. The number of aromatic carboxylic acids is 1. The second kappa shape index (κ2) is 7.94. The molecule has 0 atom stereocenters. The molecule has 1 amide bonds. The maximum absolute atomic E-state index is 12.2. The fourth-order valence-corrected chi connectivity index (χ4v) is 2.79. The van der Waals surface area contributed by atoms with E-state index in [9.17, 15) is 9.59 Å². The van der Waals surface area contributed by atoms with E-state index in [1.807, 2.05) is 0 Å². The first kappa shape index (κ1) is 18.7. The molecule has 0 fully saturated rings. The average Bonchev–Trinajstić information content (AvgIpc) is 2.48. The van der Waals surface area contributed by atoms with Crippen molar-refractivity contribution in [3.63, 3.8) is 0 Å². The zero-order valence-electron chi connectivity index (χ0n) is 11.8. The van der Waals surface area contributed by atoms with Crippen LogP contribution in [0.1, 0.15) is 20.7 Å². The number of nitrogens with one attached hydrogen (secondary N) is 2. The van der Waals surface area contributed by atoms with E-state index >= 15 is 0 Å². The molecule has 3 N–H and O–H groups in total. The number of hydrogen-bond acceptors (Lipinski definition) is 3. The molecule has 0 aliphatic carbocycles. The van der Waals surface area contributed by atoms with E-state index in [-0.39, 0.29) is 21.3 Å². The molecule has 124 valence electrons. The molecule has 2 aromatic rings. The molecule has 2 aromatic carbocycles. The predicted molar refractivity (Wildman–Crippen MR) is 101 cm³/mol. The molecule has 0 saturated carbocycles. The summed E-state index contributed by atoms with van der Waals surface area (Å²) in [6, 6.07) is 8.84. The molecule has 0 saturated heterocycles. The Bertz CT molecular complexity index is 845. The number of anilines is 1. The van der Waals surface area contributed by atoms with Gasteiger partial charge in [0.1, 0.15) is 0 Å². The molecule has 24 heavy (non-hydrogen) atoms. The molecule has 9 heteroatoms. The Morgan fingerprint density at radius 1 is 1.12 bits per heavy atom. The Morgan fingerprint density at radius 2 is 1.83 bits per heavy atom. The van der Waals surface area contributed by atoms with Gasteiger partial charge in [-0.25, -0.2) is 4.79 Å². The van der Waals surface area contributed by atoms with E-state index in [1.54, 1.807) is 6.07 Å². The normalized spacial score (nSPS) is 10.1. The minimum Gasteiger partial charge on any atom is -0.478 e. The van der Waals surface area contributed by atoms with Crippen molar-refractivity contribution in [3.05, 3.63) is 62.0 Å². The maximum Gasteiger partial charge on any atom is 0.335 e. The van der Waals surface area contributed by atoms with Crippen molar-refractivity contribution >= 4 is 74.0 Å². The molecular formula is C15H9BrCl2N2O3S. The Labute approximate surface area is 161 Å². The van der Waals surface area contributed by atoms with Crippen LogP contribution in [0.25, 0.3) is 0 Å². The smallest absolute Gasteiger partial charge is 0.335 e. The quantitative estimate of drug-likeness (QED) is 0.600. The minimum atomic E-state index is -1.08. The van der Waals surface area contributed by atoms with Gasteiger partial charge >= 0.3 is 5.97 Å². The van der Waals surface area contributed by atoms with Gasteiger partial charge in [-0.2, -0.15) is 0 Å². The van der Waals surface area contributed by atoms with Gasteiger partial charge in [-0.1, -0.05) is 23.2 Å². The van der Waals surface area contributed by atoms with Gasteiger partial charge in [0.15, 0.2) is 5.11 Å². The third kappa shape index (κ3) is 4.67. The van der Waals surface area contributed by atoms with Gasteiger partial charge < -0.3 is 10.4 Å². The molecule has 0 unspecified atom stereocenters. The van der Waals surface area contributed by atoms with Crippen LogP contribution in [0, 0.1) is 0 Å². The number of thiocarbonyl (C=S) groups is 1. The summed E-state index contributed by atoms with van der Waals surface area (Å²) in [7, 11) is 0. The van der Waals surface area contributed by atoms with Gasteiger partial charge in [0.25, 0.3) is 5.91 Å². The van der Waals surface area contributed by atoms with Crippen molar-refractivity contribution in [3.8, 4) is 0 Å². The molecule has 5 nitrogen and oxygen atoms in total. The Hall–Kier alpha value is -1.67. The number of carboxylic acid groups (broad SMARTS) is 1. The van der Waals surface area contributed by atoms with Gasteiger partial charge in [0, 0.05) is 9.50 Å². The molecule has 0 bridgehead atoms. The van der Waals surface area contributed by atoms with Gasteiger partial charge in [-0.15, -0.1) is 0 Å². The van der Waals surface area contributed by atoms with Crippen molar-refractivity contribution in [1.29, 1.82) is 0 Å². The van der Waals surface area contributed by atoms with Crippen molar-refractivity contribution < 1.29 is 14.7 Å². The lowest BCUT2D eigenvalue weighted by molar-refractivity contribution is 0.0696. The van der Waals surface area contributed by atoms with Crippen molar-refractivity contribution in [2.45, 2.75) is 0 Å². The number of rotatable bonds is 3. The van der Waals surface area contributed by atoms with Gasteiger partial charge in [0.2, 0.25) is 0 Å². The highest BCUT2D eigenvalue weighted by Crippen LogP contribution is 2.24. The molecule has 0 heterocycles. The lowest BCUT2D eigenvalue weighted by Gasteiger charge is -2.12. The highest BCUT2D eigenvalue weighted by Gasteiger charge is 2.14. The summed E-state index contributed by atoms with van der Waals surface area (Å²) in [5.41, 5.74) is 0.696. The van der Waals surface area contributed by atoms with Crippen LogP contribution in [-0.2, 0) is 0 Å². The van der Waals surface area contributed by atoms with Gasteiger partial charge in [-0.05, 0) is 64.5 Å². The first-order valence-electron chi connectivity index (χ1n) is 6.38. The SMILES string of the molecule is O=C(O)c1ccc(Br)c(NC(=S)NC(=O)c2ccc(Cl)cc2Cl)c1. The molecule has 0 aliphatic heterocycles. The number of halogens is 3. The van der Waals surface area contributed by atoms with E-state index < -0.39 is 11.9 Å². The van der Waals surface area contributed by atoms with Crippen molar-refractivity contribution in [2.75, 3.05) is 5.32 Å². The number of carbonyl (C=O) groups is 2. The zero-order valence-corrected chi connectivity index (χ0v) is 15.7. The second-order valence-electron chi connectivity index (χ2n) is 4.53. The molecular weight excluding hydrogens is 439 g/mol. The highest BCUT2D eigenvalue weighted by atomic mass is 79.9. The van der Waals surface area contributed by atoms with Crippen molar-refractivity contribution in [2.24, 2.45) is 0 Å². The summed E-state index contributed by atoms with van der Waals surface area (Å²) in [4.78, 5) is 23.2. The maximum atomic E-state index is 12.2. The third-order valence-electron chi connectivity index (χ3n) is 2.86. The molecule has 0 aromatic heterocycles. The van der Waals surface area contributed by atoms with Crippen LogP contribution < -0.4 is 10.6 Å². The first-order valence-corrected chi connectivity index (χ1v) is 8.34. The van der Waals surface area contributed by atoms with Crippen LogP contribution in [0.4, 0.5) is 5.69 Å². The Morgan fingerprint density at radius 3 is 2.46 bits per heavy atom. The van der Waals surface area contributed by atoms with Crippen LogP contribution >= 0.6 is 51.3 Å². The summed E-state index contributed by atoms with van der Waals surface area (Å²) in [6.07, 6.45) is 0. The summed E-state index contributed by atoms with van der Waals surface area (Å²) >= 11 is 20.1. The van der Waals surface area contributed by atoms with E-state index in [0.717, 1.165) is 0 Å². The number of benzene rings is 2. The summed E-state index contributed by atoms with van der Waals surface area (Å²) in [5, 5.41) is 14.8. The summed E-state index contributed by atoms with van der Waals surface area (Å²) in [6.45, 7) is 0. The molecule has 0 spiro atoms. The largest absolute Gasteiger partial charge is 0.478 e. The highest BCUT2D eigenvalue weighted by molar-refractivity contribution is 9.10. The zero-order chi connectivity index (χ0) is 17.9. The Balaban J connectivity index is 2.12. The van der Waals surface area contributed by atoms with Crippen LogP contribution in [0.15, 0.2) is 40.9 Å². The number of amides is 1. The fraction of sp³-hybridized carbons (Fsp3) is 0. The fourth-order valence-electron chi connectivity index (χ4n) is 1.75. The van der Waals surface area contributed by atoms with Crippen LogP contribution in [-0.4, -0.2) is 22.1 Å². The first-order chi connectivity index (χ1) is 11.3. The lowest BCUT2D eigenvalue weighted by atomic mass is 10.2. The Kier molecular flexibility index (Phi) is 6.17. The number of carboxylic acids is 1. The molecule has 2 rings (SSSR count). The van der Waals surface area contributed by atoms with Crippen LogP contribution in [0.5, 0.6) is 0 Å². The van der Waals surface area contributed by atoms with Crippen LogP contribution in [0.2, 0.25) is 10.0 Å². The third-order valence-corrected chi connectivity index (χ3v) is 4.31. The predicted octanol–water partition coefficient (Wildman–Crippen LogP) is 4.58. The van der Waals surface area contributed by atoms with Crippen LogP contribution in [0.3, 0.4) is 0 Å². The van der Waals surface area contributed by atoms with E-state index in [4.69, 9.17) is 40.5 Å². The molecule has 0 aliphatic rings. The van der Waals surface area contributed by atoms with E-state index in [1.165, 1.54) is 30.3 Å². The monoisotopic (exact) mass is 446 g/mol. The van der Waals surface area contributed by atoms with E-state index in [0.29, 0.717) is 15.2 Å². The average molecular weight is 448 g/mol.